The first-order valence-corrected chi connectivity index (χ1v) is 9.33. The Morgan fingerprint density at radius 2 is 1.57 bits per heavy atom. The number of nitrogens with one attached hydrogen (secondary N) is 2. The number of carbonyl (C=O) groups excluding carboxylic acids is 3. The zero-order valence-corrected chi connectivity index (χ0v) is 17.6. The fraction of sp³-hybridized carbons (Fsp3) is 0.318. The number of rotatable bonds is 6. The molecule has 0 fully saturated rings. The second-order valence-electron chi connectivity index (χ2n) is 7.48. The van der Waals surface area contributed by atoms with Crippen molar-refractivity contribution in [2.24, 2.45) is 0 Å². The van der Waals surface area contributed by atoms with Crippen molar-refractivity contribution in [3.05, 3.63) is 54.1 Å². The average molecular weight is 414 g/mol. The van der Waals surface area contributed by atoms with Gasteiger partial charge in [0.25, 0.3) is 5.91 Å². The van der Waals surface area contributed by atoms with Crippen molar-refractivity contribution in [3.63, 3.8) is 0 Å². The quantitative estimate of drug-likeness (QED) is 0.686. The van der Waals surface area contributed by atoms with E-state index < -0.39 is 29.7 Å². The molecule has 0 aromatic heterocycles. The first kappa shape index (κ1) is 22.7. The predicted octanol–water partition coefficient (Wildman–Crippen LogP) is 4.23. The van der Waals surface area contributed by atoms with Crippen LogP contribution < -0.4 is 15.4 Å². The van der Waals surface area contributed by atoms with Crippen molar-refractivity contribution < 1.29 is 28.6 Å². The molecule has 0 heterocycles. The molecule has 8 heteroatoms. The molecule has 0 bridgehead atoms. The molecule has 0 saturated heterocycles. The number of carbonyl (C=O) groups is 3. The summed E-state index contributed by atoms with van der Waals surface area (Å²) < 4.78 is 15.5. The van der Waals surface area contributed by atoms with Gasteiger partial charge in [0.2, 0.25) is 0 Å². The molecular formula is C22H26N2O6. The predicted molar refractivity (Wildman–Crippen MR) is 113 cm³/mol. The first-order valence-electron chi connectivity index (χ1n) is 9.33. The van der Waals surface area contributed by atoms with Crippen LogP contribution in [0.1, 0.15) is 38.1 Å². The standard InChI is InChI=1S/C22H26N2O6/c1-14(19(25)23-17-10-7-11-18(13-17)28-5)29-20(26)15-8-6-9-16(12-15)24-21(27)30-22(2,3)4/h6-14H,1-5H3,(H,23,25)(H,24,27)/t14-/m1/s1. The smallest absolute Gasteiger partial charge is 0.412 e. The highest BCUT2D eigenvalue weighted by Gasteiger charge is 2.20. The van der Waals surface area contributed by atoms with E-state index in [-0.39, 0.29) is 5.56 Å². The van der Waals surface area contributed by atoms with Gasteiger partial charge in [0.05, 0.1) is 12.7 Å². The molecule has 8 nitrogen and oxygen atoms in total. The Bertz CT molecular complexity index is 920. The van der Waals surface area contributed by atoms with Crippen LogP contribution in [0.2, 0.25) is 0 Å². The number of amides is 2. The van der Waals surface area contributed by atoms with E-state index in [1.165, 1.54) is 26.2 Å². The van der Waals surface area contributed by atoms with Gasteiger partial charge in [0, 0.05) is 17.4 Å². The molecule has 2 aromatic carbocycles. The number of ether oxygens (including phenoxy) is 3. The summed E-state index contributed by atoms with van der Waals surface area (Å²) in [7, 11) is 1.52. The van der Waals surface area contributed by atoms with Crippen molar-refractivity contribution in [1.29, 1.82) is 0 Å². The number of methoxy groups -OCH3 is 1. The first-order chi connectivity index (χ1) is 14.1. The van der Waals surface area contributed by atoms with Crippen LogP contribution in [-0.4, -0.2) is 36.8 Å². The zero-order valence-electron chi connectivity index (χ0n) is 17.6. The lowest BCUT2D eigenvalue weighted by molar-refractivity contribution is -0.123. The van der Waals surface area contributed by atoms with Gasteiger partial charge in [0.15, 0.2) is 6.10 Å². The van der Waals surface area contributed by atoms with Crippen molar-refractivity contribution >= 4 is 29.3 Å². The van der Waals surface area contributed by atoms with Crippen molar-refractivity contribution in [2.75, 3.05) is 17.7 Å². The molecule has 2 N–H and O–H groups in total. The summed E-state index contributed by atoms with van der Waals surface area (Å²) in [6.45, 7) is 6.71. The Morgan fingerprint density at radius 3 is 2.20 bits per heavy atom. The second-order valence-corrected chi connectivity index (χ2v) is 7.48. The van der Waals surface area contributed by atoms with E-state index in [9.17, 15) is 14.4 Å². The molecule has 0 aliphatic heterocycles. The van der Waals surface area contributed by atoms with E-state index >= 15 is 0 Å². The summed E-state index contributed by atoms with van der Waals surface area (Å²) in [5, 5.41) is 5.22. The maximum atomic E-state index is 12.4. The zero-order chi connectivity index (χ0) is 22.3. The van der Waals surface area contributed by atoms with Crippen LogP contribution in [0.3, 0.4) is 0 Å². The SMILES string of the molecule is COc1cccc(NC(=O)[C@@H](C)OC(=O)c2cccc(NC(=O)OC(C)(C)C)c2)c1. The van der Waals surface area contributed by atoms with Gasteiger partial charge in [0.1, 0.15) is 11.4 Å². The minimum absolute atomic E-state index is 0.185. The number of hydrogen-bond acceptors (Lipinski definition) is 6. The van der Waals surface area contributed by atoms with Crippen molar-refractivity contribution in [1.82, 2.24) is 0 Å². The van der Waals surface area contributed by atoms with Crippen LogP contribution in [0, 0.1) is 0 Å². The van der Waals surface area contributed by atoms with Gasteiger partial charge < -0.3 is 19.5 Å². The summed E-state index contributed by atoms with van der Waals surface area (Å²) >= 11 is 0. The molecular weight excluding hydrogens is 388 g/mol. The van der Waals surface area contributed by atoms with Crippen molar-refractivity contribution in [3.8, 4) is 5.75 Å². The molecule has 0 aliphatic rings. The number of hydrogen-bond donors (Lipinski definition) is 2. The van der Waals surface area contributed by atoms with E-state index in [2.05, 4.69) is 10.6 Å². The Balaban J connectivity index is 1.97. The fourth-order valence-electron chi connectivity index (χ4n) is 2.37. The molecule has 2 rings (SSSR count). The molecule has 0 unspecified atom stereocenters. The van der Waals surface area contributed by atoms with Gasteiger partial charge >= 0.3 is 12.1 Å². The van der Waals surface area contributed by atoms with E-state index in [1.807, 2.05) is 0 Å². The number of benzene rings is 2. The third kappa shape index (κ3) is 7.12. The third-order valence-electron chi connectivity index (χ3n) is 3.73. The Kier molecular flexibility index (Phi) is 7.41. The summed E-state index contributed by atoms with van der Waals surface area (Å²) in [5.41, 5.74) is 0.425. The Hall–Kier alpha value is -3.55. The lowest BCUT2D eigenvalue weighted by atomic mass is 10.2. The van der Waals surface area contributed by atoms with Gasteiger partial charge in [-0.2, -0.15) is 0 Å². The van der Waals surface area contributed by atoms with Gasteiger partial charge in [-0.05, 0) is 58.0 Å². The number of esters is 1. The third-order valence-corrected chi connectivity index (χ3v) is 3.73. The molecule has 0 aliphatic carbocycles. The van der Waals surface area contributed by atoms with Crippen LogP contribution in [0.4, 0.5) is 16.2 Å². The molecule has 0 spiro atoms. The van der Waals surface area contributed by atoms with E-state index in [0.717, 1.165) is 0 Å². The lowest BCUT2D eigenvalue weighted by Crippen LogP contribution is -2.30. The summed E-state index contributed by atoms with van der Waals surface area (Å²) in [6.07, 6.45) is -1.68. The van der Waals surface area contributed by atoms with E-state index in [4.69, 9.17) is 14.2 Å². The molecule has 1 atom stereocenters. The maximum absolute atomic E-state index is 12.4. The highest BCUT2D eigenvalue weighted by molar-refractivity contribution is 5.98. The maximum Gasteiger partial charge on any atom is 0.412 e. The van der Waals surface area contributed by atoms with Gasteiger partial charge in [-0.15, -0.1) is 0 Å². The van der Waals surface area contributed by atoms with Crippen LogP contribution >= 0.6 is 0 Å². The molecule has 2 amide bonds. The second kappa shape index (κ2) is 9.78. The van der Waals surface area contributed by atoms with Gasteiger partial charge in [-0.1, -0.05) is 12.1 Å². The van der Waals surface area contributed by atoms with E-state index in [1.54, 1.807) is 57.2 Å². The molecule has 0 saturated carbocycles. The summed E-state index contributed by atoms with van der Waals surface area (Å²) in [4.78, 5) is 36.6. The normalized spacial score (nSPS) is 11.8. The monoisotopic (exact) mass is 414 g/mol. The Morgan fingerprint density at radius 1 is 0.933 bits per heavy atom. The fourth-order valence-corrected chi connectivity index (χ4v) is 2.37. The average Bonchev–Trinajstić information content (AvgIpc) is 2.66. The molecule has 0 radical (unpaired) electrons. The Labute approximate surface area is 175 Å². The van der Waals surface area contributed by atoms with Gasteiger partial charge in [-0.25, -0.2) is 9.59 Å². The molecule has 30 heavy (non-hydrogen) atoms. The molecule has 160 valence electrons. The van der Waals surface area contributed by atoms with Crippen molar-refractivity contribution in [2.45, 2.75) is 39.4 Å². The largest absolute Gasteiger partial charge is 0.497 e. The van der Waals surface area contributed by atoms with E-state index in [0.29, 0.717) is 17.1 Å². The van der Waals surface area contributed by atoms with Crippen LogP contribution in [0.15, 0.2) is 48.5 Å². The number of anilines is 2. The minimum Gasteiger partial charge on any atom is -0.497 e. The van der Waals surface area contributed by atoms with Crippen LogP contribution in [0.25, 0.3) is 0 Å². The summed E-state index contributed by atoms with van der Waals surface area (Å²) in [5.74, 6) is -0.595. The topological polar surface area (TPSA) is 103 Å². The van der Waals surface area contributed by atoms with Gasteiger partial charge in [-0.3, -0.25) is 10.1 Å². The molecule has 2 aromatic rings. The van der Waals surface area contributed by atoms with Crippen LogP contribution in [-0.2, 0) is 14.3 Å². The summed E-state index contributed by atoms with van der Waals surface area (Å²) in [6, 6.07) is 13.0. The highest BCUT2D eigenvalue weighted by atomic mass is 16.6. The van der Waals surface area contributed by atoms with Crippen LogP contribution in [0.5, 0.6) is 5.75 Å². The highest BCUT2D eigenvalue weighted by Crippen LogP contribution is 2.18. The minimum atomic E-state index is -1.04. The lowest BCUT2D eigenvalue weighted by Gasteiger charge is -2.19.